The van der Waals surface area contributed by atoms with Crippen molar-refractivity contribution >= 4 is 0 Å². The van der Waals surface area contributed by atoms with E-state index in [2.05, 4.69) is 34.5 Å². The van der Waals surface area contributed by atoms with E-state index in [0.29, 0.717) is 18.7 Å². The lowest BCUT2D eigenvalue weighted by Gasteiger charge is -2.41. The molecule has 8 heteroatoms. The van der Waals surface area contributed by atoms with E-state index in [0.717, 1.165) is 48.4 Å². The van der Waals surface area contributed by atoms with Crippen molar-refractivity contribution in [3.05, 3.63) is 143 Å². The number of halogens is 2. The van der Waals surface area contributed by atoms with Crippen LogP contribution in [0.4, 0.5) is 8.78 Å². The van der Waals surface area contributed by atoms with E-state index in [4.69, 9.17) is 9.47 Å². The zero-order chi connectivity index (χ0) is 34.3. The molecule has 5 rings (SSSR count). The van der Waals surface area contributed by atoms with Crippen LogP contribution >= 0.6 is 0 Å². The van der Waals surface area contributed by atoms with Gasteiger partial charge in [-0.3, -0.25) is 4.90 Å². The Bertz CT molecular complexity index is 1430. The highest BCUT2D eigenvalue weighted by Crippen LogP contribution is 2.25. The molecule has 1 unspecified atom stereocenters. The van der Waals surface area contributed by atoms with Gasteiger partial charge in [0.25, 0.3) is 0 Å². The van der Waals surface area contributed by atoms with Gasteiger partial charge in [-0.05, 0) is 53.6 Å². The molecule has 49 heavy (non-hydrogen) atoms. The molecule has 0 spiro atoms. The minimum absolute atomic E-state index is 0.166. The molecule has 1 aliphatic rings. The average Bonchev–Trinajstić information content (AvgIpc) is 3.12. The first-order valence-electron chi connectivity index (χ1n) is 17.5. The molecule has 1 saturated carbocycles. The number of aliphatic hydroxyl groups excluding tert-OH is 2. The van der Waals surface area contributed by atoms with Crippen LogP contribution in [0.5, 0.6) is 0 Å². The molecule has 0 heterocycles. The summed E-state index contributed by atoms with van der Waals surface area (Å²) in [5, 5.41) is 25.2. The molecule has 4 aromatic rings. The lowest BCUT2D eigenvalue weighted by Crippen LogP contribution is -2.57. The quantitative estimate of drug-likeness (QED) is 0.102. The van der Waals surface area contributed by atoms with Crippen LogP contribution in [0.25, 0.3) is 0 Å². The molecule has 6 nitrogen and oxygen atoms in total. The topological polar surface area (TPSA) is 74.2 Å². The summed E-state index contributed by atoms with van der Waals surface area (Å²) in [6.07, 6.45) is 4.50. The van der Waals surface area contributed by atoms with Gasteiger partial charge in [0, 0.05) is 31.7 Å². The molecule has 0 aliphatic heterocycles. The Hall–Kier alpha value is -3.50. The summed E-state index contributed by atoms with van der Waals surface area (Å²) >= 11 is 0. The maximum atomic E-state index is 14.6. The van der Waals surface area contributed by atoms with E-state index in [1.165, 1.54) is 18.6 Å². The van der Waals surface area contributed by atoms with Crippen molar-refractivity contribution in [2.75, 3.05) is 19.8 Å². The summed E-state index contributed by atoms with van der Waals surface area (Å²) in [5.74, 6) is -1.29. The molecule has 3 N–H and O–H groups in total. The predicted octanol–water partition coefficient (Wildman–Crippen LogP) is 6.82. The van der Waals surface area contributed by atoms with Gasteiger partial charge in [-0.25, -0.2) is 8.78 Å². The lowest BCUT2D eigenvalue weighted by molar-refractivity contribution is -0.0634. The molecule has 0 aromatic heterocycles. The van der Waals surface area contributed by atoms with Crippen molar-refractivity contribution < 1.29 is 28.5 Å². The fraction of sp³-hybridized carbons (Fsp3) is 0.415. The number of rotatable bonds is 19. The molecule has 4 aromatic carbocycles. The first-order valence-corrected chi connectivity index (χ1v) is 17.5. The van der Waals surface area contributed by atoms with Crippen LogP contribution in [0.3, 0.4) is 0 Å². The van der Waals surface area contributed by atoms with Gasteiger partial charge in [0.15, 0.2) is 0 Å². The first kappa shape index (κ1) is 36.8. The van der Waals surface area contributed by atoms with Crippen LogP contribution in [0, 0.1) is 11.6 Å². The van der Waals surface area contributed by atoms with Crippen LogP contribution in [0.15, 0.2) is 109 Å². The minimum atomic E-state index is -0.786. The van der Waals surface area contributed by atoms with Gasteiger partial charge in [-0.1, -0.05) is 110 Å². The lowest BCUT2D eigenvalue weighted by atomic mass is 9.93. The highest BCUT2D eigenvalue weighted by atomic mass is 19.1. The third-order valence-electron chi connectivity index (χ3n) is 9.24. The van der Waals surface area contributed by atoms with Gasteiger partial charge in [0.1, 0.15) is 11.6 Å². The second-order valence-electron chi connectivity index (χ2n) is 13.1. The maximum Gasteiger partial charge on any atom is 0.126 e. The smallest absolute Gasteiger partial charge is 0.126 e. The van der Waals surface area contributed by atoms with Crippen molar-refractivity contribution in [3.63, 3.8) is 0 Å². The average molecular weight is 673 g/mol. The van der Waals surface area contributed by atoms with Gasteiger partial charge >= 0.3 is 0 Å². The summed E-state index contributed by atoms with van der Waals surface area (Å²) in [7, 11) is 0. The van der Waals surface area contributed by atoms with Crippen LogP contribution in [-0.2, 0) is 35.6 Å². The largest absolute Gasteiger partial charge is 0.395 e. The summed E-state index contributed by atoms with van der Waals surface area (Å²) in [6, 6.07) is 32.5. The van der Waals surface area contributed by atoms with Gasteiger partial charge in [0.05, 0.1) is 44.2 Å². The third kappa shape index (κ3) is 12.1. The Morgan fingerprint density at radius 2 is 1.29 bits per heavy atom. The SMILES string of the molecule is OC[C@@H](NCC(O)COC1CCCCC1)[C@@H](OCc1ccccc1)[C@H](Cc1cc(F)cc(F)c1)N(Cc1ccccc1)Cc1ccccc1. The second-order valence-corrected chi connectivity index (χ2v) is 13.1. The number of ether oxygens (including phenoxy) is 2. The zero-order valence-electron chi connectivity index (χ0n) is 28.2. The molecule has 1 fully saturated rings. The van der Waals surface area contributed by atoms with Crippen molar-refractivity contribution in [1.82, 2.24) is 10.2 Å². The summed E-state index contributed by atoms with van der Waals surface area (Å²) < 4.78 is 42.0. The van der Waals surface area contributed by atoms with Gasteiger partial charge < -0.3 is 25.0 Å². The number of nitrogens with zero attached hydrogens (tertiary/aromatic N) is 1. The predicted molar refractivity (Wildman–Crippen MR) is 189 cm³/mol. The fourth-order valence-electron chi connectivity index (χ4n) is 6.72. The highest BCUT2D eigenvalue weighted by Gasteiger charge is 2.35. The number of benzene rings is 4. The summed E-state index contributed by atoms with van der Waals surface area (Å²) in [5.41, 5.74) is 3.58. The molecular formula is C41H50F2N2O4. The van der Waals surface area contributed by atoms with Crippen molar-refractivity contribution in [1.29, 1.82) is 0 Å². The van der Waals surface area contributed by atoms with E-state index in [-0.39, 0.29) is 38.9 Å². The van der Waals surface area contributed by atoms with Crippen LogP contribution in [0.1, 0.15) is 54.4 Å². The summed E-state index contributed by atoms with van der Waals surface area (Å²) in [6.45, 7) is 1.41. The van der Waals surface area contributed by atoms with Gasteiger partial charge in [-0.2, -0.15) is 0 Å². The van der Waals surface area contributed by atoms with E-state index < -0.39 is 35.9 Å². The molecule has 0 saturated heterocycles. The monoisotopic (exact) mass is 672 g/mol. The number of hydrogen-bond donors (Lipinski definition) is 3. The number of hydrogen-bond acceptors (Lipinski definition) is 6. The summed E-state index contributed by atoms with van der Waals surface area (Å²) in [4.78, 5) is 2.26. The van der Waals surface area contributed by atoms with Crippen molar-refractivity contribution in [2.45, 2.75) is 88.6 Å². The molecule has 0 radical (unpaired) electrons. The molecule has 1 aliphatic carbocycles. The Morgan fingerprint density at radius 3 is 1.84 bits per heavy atom. The molecule has 262 valence electrons. The zero-order valence-corrected chi connectivity index (χ0v) is 28.2. The first-order chi connectivity index (χ1) is 24.0. The fourth-order valence-corrected chi connectivity index (χ4v) is 6.72. The Kier molecular flexibility index (Phi) is 14.7. The van der Waals surface area contributed by atoms with E-state index in [1.807, 2.05) is 66.7 Å². The second kappa shape index (κ2) is 19.6. The van der Waals surface area contributed by atoms with E-state index in [1.54, 1.807) is 0 Å². The van der Waals surface area contributed by atoms with Crippen LogP contribution in [-0.4, -0.2) is 65.3 Å². The normalized spacial score (nSPS) is 16.3. The maximum absolute atomic E-state index is 14.6. The van der Waals surface area contributed by atoms with E-state index in [9.17, 15) is 19.0 Å². The van der Waals surface area contributed by atoms with Gasteiger partial charge in [-0.15, -0.1) is 0 Å². The minimum Gasteiger partial charge on any atom is -0.395 e. The Labute approximate surface area is 289 Å². The molecule has 0 bridgehead atoms. The van der Waals surface area contributed by atoms with Crippen molar-refractivity contribution in [2.24, 2.45) is 0 Å². The molecule has 0 amide bonds. The standard InChI is InChI=1S/C41H50F2N2O4/c42-35-21-34(22-36(43)24-35)23-40(45(26-31-13-5-1-6-14-31)27-32-15-7-2-8-16-32)41(49-29-33-17-9-3-10-18-33)39(28-46)44-25-37(47)30-48-38-19-11-4-12-20-38/h1-3,5-10,13-18,21-22,24,37-41,44,46-47H,4,11-12,19-20,23,25-30H2/t37?,39-,40+,41-/m1/s1. The molecular weight excluding hydrogens is 622 g/mol. The van der Waals surface area contributed by atoms with Crippen LogP contribution < -0.4 is 5.32 Å². The van der Waals surface area contributed by atoms with Crippen molar-refractivity contribution in [3.8, 4) is 0 Å². The van der Waals surface area contributed by atoms with Crippen LogP contribution in [0.2, 0.25) is 0 Å². The van der Waals surface area contributed by atoms with Gasteiger partial charge in [0.2, 0.25) is 0 Å². The molecule has 4 atom stereocenters. The Balaban J connectivity index is 1.47. The number of nitrogens with one attached hydrogen (secondary N) is 1. The highest BCUT2D eigenvalue weighted by molar-refractivity contribution is 5.22. The Morgan fingerprint density at radius 1 is 0.735 bits per heavy atom. The van der Waals surface area contributed by atoms with E-state index >= 15 is 0 Å². The third-order valence-corrected chi connectivity index (χ3v) is 9.24. The number of aliphatic hydroxyl groups is 2.